The minimum absolute atomic E-state index is 0.0355. The van der Waals surface area contributed by atoms with Gasteiger partial charge in [0.25, 0.3) is 11.8 Å². The maximum absolute atomic E-state index is 13.4. The molecule has 2 amide bonds. The summed E-state index contributed by atoms with van der Waals surface area (Å²) in [6.45, 7) is 4.83. The molecule has 2 aliphatic rings. The van der Waals surface area contributed by atoms with Gasteiger partial charge in [-0.05, 0) is 86.8 Å². The average Bonchev–Trinajstić information content (AvgIpc) is 3.77. The summed E-state index contributed by atoms with van der Waals surface area (Å²) < 4.78 is 11.2. The molecule has 0 bridgehead atoms. The Labute approximate surface area is 304 Å². The molecule has 274 valence electrons. The number of hydrogen-bond donors (Lipinski definition) is 6. The van der Waals surface area contributed by atoms with Crippen molar-refractivity contribution in [2.24, 2.45) is 0 Å². The van der Waals surface area contributed by atoms with Gasteiger partial charge in [0, 0.05) is 72.2 Å². The van der Waals surface area contributed by atoms with Gasteiger partial charge in [-0.1, -0.05) is 24.3 Å². The molecular formula is C40H48N6O6. The Morgan fingerprint density at radius 2 is 1.12 bits per heavy atom. The zero-order valence-corrected chi connectivity index (χ0v) is 30.2. The van der Waals surface area contributed by atoms with Crippen LogP contribution >= 0.6 is 0 Å². The molecule has 12 nitrogen and oxygen atoms in total. The highest BCUT2D eigenvalue weighted by Crippen LogP contribution is 2.34. The largest absolute Gasteiger partial charge is 0.496 e. The van der Waals surface area contributed by atoms with Gasteiger partial charge in [-0.2, -0.15) is 0 Å². The number of rotatable bonds is 13. The molecule has 0 unspecified atom stereocenters. The standard InChI is InChI=1S/C40H48N6O6/c1-23-27(9-5-11-29(23)45-39(49)33-17-37(51-3)25(21-43-33)19-41-31-13-7-15-35(31)47)28-10-6-12-30(24(28)2)46-40(50)34-18-38(52-4)26(22-44-34)20-42-32-14-8-16-36(32)48/h5-6,9-12,17-18,21-22,31-32,35-36,41-42,47-48H,7-8,13-16,19-20H2,1-4H3,(H,45,49)(H,46,50)/t31-,32-,35-,36-/m0/s1. The van der Waals surface area contributed by atoms with E-state index in [1.807, 2.05) is 50.2 Å². The third-order valence-electron chi connectivity index (χ3n) is 10.3. The lowest BCUT2D eigenvalue weighted by Crippen LogP contribution is -2.35. The van der Waals surface area contributed by atoms with Crippen LogP contribution in [0.1, 0.15) is 81.8 Å². The van der Waals surface area contributed by atoms with Crippen LogP contribution < -0.4 is 30.7 Å². The lowest BCUT2D eigenvalue weighted by Gasteiger charge is -2.18. The highest BCUT2D eigenvalue weighted by molar-refractivity contribution is 6.05. The molecule has 12 heteroatoms. The quantitative estimate of drug-likeness (QED) is 0.107. The van der Waals surface area contributed by atoms with Crippen molar-refractivity contribution in [2.45, 2.75) is 89.8 Å². The maximum atomic E-state index is 13.4. The van der Waals surface area contributed by atoms with E-state index in [0.717, 1.165) is 71.9 Å². The van der Waals surface area contributed by atoms with Gasteiger partial charge >= 0.3 is 0 Å². The van der Waals surface area contributed by atoms with Gasteiger partial charge < -0.3 is 41.0 Å². The number of benzene rings is 2. The van der Waals surface area contributed by atoms with Crippen LogP contribution in [0.3, 0.4) is 0 Å². The molecule has 0 radical (unpaired) electrons. The van der Waals surface area contributed by atoms with Gasteiger partial charge in [-0.15, -0.1) is 0 Å². The second-order valence-corrected chi connectivity index (χ2v) is 13.6. The smallest absolute Gasteiger partial charge is 0.274 e. The molecule has 0 saturated heterocycles. The number of aliphatic hydroxyl groups is 2. The van der Waals surface area contributed by atoms with E-state index in [1.54, 1.807) is 38.7 Å². The van der Waals surface area contributed by atoms with Crippen LogP contribution in [0.4, 0.5) is 11.4 Å². The summed E-state index contributed by atoms with van der Waals surface area (Å²) in [6, 6.07) is 14.7. The third kappa shape index (κ3) is 8.26. The van der Waals surface area contributed by atoms with Gasteiger partial charge in [-0.25, -0.2) is 0 Å². The number of amides is 2. The van der Waals surface area contributed by atoms with Gasteiger partial charge in [0.1, 0.15) is 22.9 Å². The normalized spacial score (nSPS) is 19.7. The number of anilines is 2. The summed E-state index contributed by atoms with van der Waals surface area (Å²) >= 11 is 0. The summed E-state index contributed by atoms with van der Waals surface area (Å²) in [6.07, 6.45) is 7.97. The Morgan fingerprint density at radius 3 is 1.48 bits per heavy atom. The van der Waals surface area contributed by atoms with Crippen molar-refractivity contribution >= 4 is 23.2 Å². The molecule has 2 saturated carbocycles. The zero-order chi connectivity index (χ0) is 36.8. The Kier molecular flexibility index (Phi) is 11.8. The first kappa shape index (κ1) is 36.9. The van der Waals surface area contributed by atoms with E-state index in [2.05, 4.69) is 31.2 Å². The molecule has 2 heterocycles. The van der Waals surface area contributed by atoms with Crippen molar-refractivity contribution in [3.63, 3.8) is 0 Å². The van der Waals surface area contributed by atoms with Crippen molar-refractivity contribution in [1.82, 2.24) is 20.6 Å². The van der Waals surface area contributed by atoms with Gasteiger partial charge in [0.2, 0.25) is 0 Å². The molecule has 2 fully saturated rings. The number of carbonyl (C=O) groups excluding carboxylic acids is 2. The zero-order valence-electron chi connectivity index (χ0n) is 30.2. The van der Waals surface area contributed by atoms with Crippen molar-refractivity contribution < 1.29 is 29.3 Å². The van der Waals surface area contributed by atoms with Gasteiger partial charge in [0.15, 0.2) is 0 Å². The summed E-state index contributed by atoms with van der Waals surface area (Å²) in [7, 11) is 3.12. The molecule has 4 atom stereocenters. The second kappa shape index (κ2) is 16.6. The number of hydrogen-bond acceptors (Lipinski definition) is 10. The van der Waals surface area contributed by atoms with Crippen molar-refractivity contribution in [2.75, 3.05) is 24.9 Å². The number of pyridine rings is 2. The minimum atomic E-state index is -0.372. The summed E-state index contributed by atoms with van der Waals surface area (Å²) in [5.74, 6) is 0.342. The first-order valence-corrected chi connectivity index (χ1v) is 17.9. The van der Waals surface area contributed by atoms with E-state index in [-0.39, 0.29) is 47.5 Å². The van der Waals surface area contributed by atoms with Crippen molar-refractivity contribution in [1.29, 1.82) is 0 Å². The van der Waals surface area contributed by atoms with E-state index in [4.69, 9.17) is 9.47 Å². The molecule has 2 aromatic carbocycles. The van der Waals surface area contributed by atoms with Crippen LogP contribution in [-0.2, 0) is 13.1 Å². The SMILES string of the molecule is COc1cc(C(=O)Nc2cccc(-c3cccc(NC(=O)c4cc(OC)c(CN[C@H]5CCC[C@@H]5O)cn4)c3C)c2C)ncc1CN[C@H]1CCC[C@@H]1O. The van der Waals surface area contributed by atoms with Crippen LogP contribution in [0.5, 0.6) is 11.5 Å². The number of nitrogens with zero attached hydrogens (tertiary/aromatic N) is 2. The highest BCUT2D eigenvalue weighted by atomic mass is 16.5. The Morgan fingerprint density at radius 1 is 0.692 bits per heavy atom. The summed E-state index contributed by atoms with van der Waals surface area (Å²) in [4.78, 5) is 35.6. The lowest BCUT2D eigenvalue weighted by molar-refractivity contribution is 0.101. The number of nitrogens with one attached hydrogen (secondary N) is 4. The Hall–Kier alpha value is -4.88. The fourth-order valence-electron chi connectivity index (χ4n) is 7.16. The van der Waals surface area contributed by atoms with Crippen LogP contribution in [0.25, 0.3) is 11.1 Å². The van der Waals surface area contributed by atoms with Crippen LogP contribution in [0.15, 0.2) is 60.9 Å². The first-order valence-electron chi connectivity index (χ1n) is 17.9. The molecule has 0 spiro atoms. The van der Waals surface area contributed by atoms with E-state index in [0.29, 0.717) is 36.0 Å². The highest BCUT2D eigenvalue weighted by Gasteiger charge is 2.26. The number of carbonyl (C=O) groups is 2. The van der Waals surface area contributed by atoms with Gasteiger partial charge in [-0.3, -0.25) is 19.6 Å². The number of aliphatic hydroxyl groups excluding tert-OH is 2. The molecule has 6 rings (SSSR count). The maximum Gasteiger partial charge on any atom is 0.274 e. The van der Waals surface area contributed by atoms with Crippen molar-refractivity contribution in [3.05, 3.63) is 94.6 Å². The van der Waals surface area contributed by atoms with E-state index in [9.17, 15) is 19.8 Å². The lowest BCUT2D eigenvalue weighted by atomic mass is 9.94. The topological polar surface area (TPSA) is 167 Å². The first-order chi connectivity index (χ1) is 25.2. The third-order valence-corrected chi connectivity index (χ3v) is 10.3. The molecule has 0 aliphatic heterocycles. The van der Waals surface area contributed by atoms with Crippen LogP contribution in [0, 0.1) is 13.8 Å². The molecule has 52 heavy (non-hydrogen) atoms. The Balaban J connectivity index is 1.14. The molecule has 2 aromatic heterocycles. The predicted molar refractivity (Wildman–Crippen MR) is 200 cm³/mol. The predicted octanol–water partition coefficient (Wildman–Crippen LogP) is 5.29. The molecule has 2 aliphatic carbocycles. The van der Waals surface area contributed by atoms with Crippen molar-refractivity contribution in [3.8, 4) is 22.6 Å². The summed E-state index contributed by atoms with van der Waals surface area (Å²) in [5.41, 5.74) is 6.81. The van der Waals surface area contributed by atoms with Crippen LogP contribution in [-0.4, -0.2) is 70.5 Å². The monoisotopic (exact) mass is 708 g/mol. The molecule has 4 aromatic rings. The second-order valence-electron chi connectivity index (χ2n) is 13.6. The fourth-order valence-corrected chi connectivity index (χ4v) is 7.16. The van der Waals surface area contributed by atoms with Crippen LogP contribution in [0.2, 0.25) is 0 Å². The van der Waals surface area contributed by atoms with E-state index in [1.165, 1.54) is 0 Å². The molecule has 6 N–H and O–H groups in total. The minimum Gasteiger partial charge on any atom is -0.496 e. The average molecular weight is 709 g/mol. The van der Waals surface area contributed by atoms with Gasteiger partial charge in [0.05, 0.1) is 26.4 Å². The molecular weight excluding hydrogens is 660 g/mol. The Bertz CT molecular complexity index is 1780. The number of aromatic nitrogens is 2. The van der Waals surface area contributed by atoms with E-state index < -0.39 is 0 Å². The number of methoxy groups -OCH3 is 2. The van der Waals surface area contributed by atoms with E-state index >= 15 is 0 Å². The fraction of sp³-hybridized carbons (Fsp3) is 0.400. The number of ether oxygens (including phenoxy) is 2. The summed E-state index contributed by atoms with van der Waals surface area (Å²) in [5, 5.41) is 33.1.